The number of thioether (sulfide) groups is 1. The van der Waals surface area contributed by atoms with Crippen LogP contribution in [0.5, 0.6) is 11.5 Å². The fraction of sp³-hybridized carbons (Fsp3) is 0.733. The van der Waals surface area contributed by atoms with Gasteiger partial charge in [0.05, 0.1) is 6.67 Å². The summed E-state index contributed by atoms with van der Waals surface area (Å²) in [6.45, 7) is 5.01. The van der Waals surface area contributed by atoms with Gasteiger partial charge in [-0.3, -0.25) is 4.79 Å². The van der Waals surface area contributed by atoms with Gasteiger partial charge < -0.3 is 25.8 Å². The van der Waals surface area contributed by atoms with E-state index in [0.717, 1.165) is 5.75 Å². The lowest BCUT2D eigenvalue weighted by Gasteiger charge is -2.12. The number of carbonyl (C=O) groups excluding carboxylic acids is 2. The van der Waals surface area contributed by atoms with Crippen LogP contribution in [0.15, 0.2) is 24.3 Å². The molecule has 0 aliphatic rings. The molecule has 3 amide bonds. The fourth-order valence-electron chi connectivity index (χ4n) is 4.16. The number of carbonyl (C=O) groups is 2. The number of phenolic OH excluding ortho intramolecular Hbond substituents is 1. The number of nitrogens with one attached hydrogen (secondary N) is 3. The van der Waals surface area contributed by atoms with E-state index in [4.69, 9.17) is 4.74 Å². The van der Waals surface area contributed by atoms with Crippen molar-refractivity contribution in [2.45, 2.75) is 115 Å². The highest BCUT2D eigenvalue weighted by Gasteiger charge is 2.06. The van der Waals surface area contributed by atoms with Gasteiger partial charge in [-0.2, -0.15) is 11.8 Å². The number of ether oxygens (including phenoxy) is 1. The van der Waals surface area contributed by atoms with E-state index in [0.29, 0.717) is 17.5 Å². The van der Waals surface area contributed by atoms with Crippen molar-refractivity contribution < 1.29 is 19.4 Å². The lowest BCUT2D eigenvalue weighted by molar-refractivity contribution is -0.123. The van der Waals surface area contributed by atoms with Crippen molar-refractivity contribution in [3.05, 3.63) is 24.3 Å². The van der Waals surface area contributed by atoms with Gasteiger partial charge in [0.1, 0.15) is 11.5 Å². The summed E-state index contributed by atoms with van der Waals surface area (Å²) in [5.41, 5.74) is 0. The average Bonchev–Trinajstić information content (AvgIpc) is 2.91. The van der Waals surface area contributed by atoms with Crippen LogP contribution in [0.1, 0.15) is 110 Å². The Kier molecular flexibility index (Phi) is 21.4. The molecule has 0 heterocycles. The summed E-state index contributed by atoms with van der Waals surface area (Å²) in [6, 6.07) is 5.82. The Bertz CT molecular complexity index is 718. The van der Waals surface area contributed by atoms with E-state index in [1.54, 1.807) is 12.1 Å². The number of urea groups is 1. The Labute approximate surface area is 235 Å². The maximum Gasteiger partial charge on any atom is 0.316 e. The zero-order valence-electron chi connectivity index (χ0n) is 23.9. The first-order chi connectivity index (χ1) is 18.5. The number of unbranched alkanes of at least 4 members (excludes halogenated alkanes) is 13. The molecule has 0 spiro atoms. The van der Waals surface area contributed by atoms with Gasteiger partial charge in [0.15, 0.2) is 6.61 Å². The molecule has 1 aromatic carbocycles. The molecule has 1 unspecified atom stereocenters. The Balaban J connectivity index is 1.84. The summed E-state index contributed by atoms with van der Waals surface area (Å²) in [5.74, 6) is 1.15. The van der Waals surface area contributed by atoms with Gasteiger partial charge in [-0.25, -0.2) is 4.79 Å². The third-order valence-electron chi connectivity index (χ3n) is 6.50. The largest absolute Gasteiger partial charge is 0.508 e. The summed E-state index contributed by atoms with van der Waals surface area (Å²) in [7, 11) is 0. The van der Waals surface area contributed by atoms with Gasteiger partial charge in [0.2, 0.25) is 0 Å². The Hall–Kier alpha value is -2.09. The predicted molar refractivity (Wildman–Crippen MR) is 160 cm³/mol. The van der Waals surface area contributed by atoms with Crippen molar-refractivity contribution in [1.29, 1.82) is 0 Å². The highest BCUT2D eigenvalue weighted by molar-refractivity contribution is 7.99. The second kappa shape index (κ2) is 24.0. The number of aromatic hydroxyl groups is 1. The van der Waals surface area contributed by atoms with E-state index in [-0.39, 0.29) is 31.0 Å². The van der Waals surface area contributed by atoms with Crippen LogP contribution in [-0.2, 0) is 4.79 Å². The molecule has 38 heavy (non-hydrogen) atoms. The topological polar surface area (TPSA) is 99.7 Å². The normalized spacial score (nSPS) is 11.6. The maximum absolute atomic E-state index is 11.9. The summed E-state index contributed by atoms with van der Waals surface area (Å²) in [6.07, 6.45) is 20.7. The third-order valence-corrected chi connectivity index (χ3v) is 7.74. The van der Waals surface area contributed by atoms with E-state index in [2.05, 4.69) is 29.8 Å². The van der Waals surface area contributed by atoms with Crippen LogP contribution >= 0.6 is 11.8 Å². The molecular formula is C30H53N3O4S. The Morgan fingerprint density at radius 1 is 0.816 bits per heavy atom. The molecule has 0 radical (unpaired) electrons. The maximum atomic E-state index is 11.9. The number of amides is 3. The Morgan fingerprint density at radius 3 is 1.95 bits per heavy atom. The molecule has 1 atom stereocenters. The van der Waals surface area contributed by atoms with E-state index >= 15 is 0 Å². The number of phenols is 1. The smallest absolute Gasteiger partial charge is 0.316 e. The quantitative estimate of drug-likeness (QED) is 0.0808. The molecule has 0 aromatic heterocycles. The van der Waals surface area contributed by atoms with Crippen LogP contribution < -0.4 is 20.7 Å². The first-order valence-corrected chi connectivity index (χ1v) is 15.9. The van der Waals surface area contributed by atoms with E-state index in [1.165, 1.54) is 108 Å². The van der Waals surface area contributed by atoms with E-state index in [1.807, 2.05) is 11.8 Å². The van der Waals surface area contributed by atoms with Crippen LogP contribution in [0.25, 0.3) is 0 Å². The molecular weight excluding hydrogens is 498 g/mol. The fourth-order valence-corrected chi connectivity index (χ4v) is 5.12. The molecule has 218 valence electrons. The van der Waals surface area contributed by atoms with Gasteiger partial charge in [0.25, 0.3) is 5.91 Å². The van der Waals surface area contributed by atoms with E-state index in [9.17, 15) is 14.7 Å². The van der Waals surface area contributed by atoms with Crippen molar-refractivity contribution in [3.8, 4) is 11.5 Å². The van der Waals surface area contributed by atoms with Crippen molar-refractivity contribution in [2.24, 2.45) is 0 Å². The minimum atomic E-state index is -0.341. The molecule has 0 aliphatic heterocycles. The highest BCUT2D eigenvalue weighted by Crippen LogP contribution is 2.18. The molecule has 7 nitrogen and oxygen atoms in total. The van der Waals surface area contributed by atoms with Gasteiger partial charge >= 0.3 is 6.03 Å². The molecule has 8 heteroatoms. The van der Waals surface area contributed by atoms with Gasteiger partial charge in [-0.15, -0.1) is 0 Å². The van der Waals surface area contributed by atoms with Crippen molar-refractivity contribution >= 4 is 23.7 Å². The summed E-state index contributed by atoms with van der Waals surface area (Å²) in [4.78, 5) is 23.6. The minimum Gasteiger partial charge on any atom is -0.508 e. The molecule has 4 N–H and O–H groups in total. The number of hydrogen-bond donors (Lipinski definition) is 4. The number of rotatable bonds is 24. The van der Waals surface area contributed by atoms with Gasteiger partial charge in [-0.1, -0.05) is 104 Å². The molecule has 1 aromatic rings. The lowest BCUT2D eigenvalue weighted by atomic mass is 10.0. The monoisotopic (exact) mass is 551 g/mol. The van der Waals surface area contributed by atoms with Crippen LogP contribution in [0.3, 0.4) is 0 Å². The first-order valence-electron chi connectivity index (χ1n) is 14.8. The standard InChI is InChI=1S/C30H53N3O4S/c1-3-4-5-6-7-8-9-10-11-12-13-14-15-16-17-26(2)38-23-22-31-30(36)33-25-32-29(35)24-37-28-20-18-27(34)19-21-28/h18-21,26,34H,3-17,22-25H2,1-2H3,(H,32,35)(H2,31,33,36). The van der Waals surface area contributed by atoms with Crippen LogP contribution in [0, 0.1) is 0 Å². The minimum absolute atomic E-state index is 0.0340. The molecule has 0 saturated carbocycles. The van der Waals surface area contributed by atoms with Crippen LogP contribution in [-0.4, -0.2) is 47.9 Å². The zero-order valence-corrected chi connectivity index (χ0v) is 24.7. The van der Waals surface area contributed by atoms with Crippen LogP contribution in [0.2, 0.25) is 0 Å². The SMILES string of the molecule is CCCCCCCCCCCCCCCCC(C)SCCNC(=O)NCNC(=O)COc1ccc(O)cc1. The van der Waals surface area contributed by atoms with Gasteiger partial charge in [0, 0.05) is 17.5 Å². The molecule has 1 rings (SSSR count). The second-order valence-electron chi connectivity index (χ2n) is 10.1. The highest BCUT2D eigenvalue weighted by atomic mass is 32.2. The zero-order chi connectivity index (χ0) is 27.7. The molecule has 0 fully saturated rings. The van der Waals surface area contributed by atoms with Crippen molar-refractivity contribution in [1.82, 2.24) is 16.0 Å². The summed E-state index contributed by atoms with van der Waals surface area (Å²) < 4.78 is 5.31. The van der Waals surface area contributed by atoms with E-state index < -0.39 is 0 Å². The summed E-state index contributed by atoms with van der Waals surface area (Å²) >= 11 is 1.89. The number of hydrogen-bond acceptors (Lipinski definition) is 5. The summed E-state index contributed by atoms with van der Waals surface area (Å²) in [5, 5.41) is 17.8. The average molecular weight is 552 g/mol. The predicted octanol–water partition coefficient (Wildman–Crippen LogP) is 7.14. The third kappa shape index (κ3) is 20.9. The molecule has 0 saturated heterocycles. The first kappa shape index (κ1) is 33.9. The lowest BCUT2D eigenvalue weighted by Crippen LogP contribution is -2.44. The number of benzene rings is 1. The second-order valence-corrected chi connectivity index (χ2v) is 11.6. The van der Waals surface area contributed by atoms with Gasteiger partial charge in [-0.05, 0) is 30.7 Å². The molecule has 0 aliphatic carbocycles. The Morgan fingerprint density at radius 2 is 1.37 bits per heavy atom. The molecule has 0 bridgehead atoms. The van der Waals surface area contributed by atoms with Crippen molar-refractivity contribution in [3.63, 3.8) is 0 Å². The van der Waals surface area contributed by atoms with Crippen LogP contribution in [0.4, 0.5) is 4.79 Å². The van der Waals surface area contributed by atoms with Crippen molar-refractivity contribution in [2.75, 3.05) is 25.6 Å².